The maximum Gasteiger partial charge on any atom is 0.268 e. The van der Waals surface area contributed by atoms with Crippen LogP contribution in [0.15, 0.2) is 59.1 Å². The molecule has 2 aliphatic rings. The standard InChI is InChI=1S/C24H30N2O3S/c1-18-7-10-20(11-8-18)30(27,28)26-22-12-9-19(2)17-21(22)24(23(26)13-16-29-3)25-14-5-4-6-15-25/h7-13,17,24H,4-6,14-16H2,1-3H3/b23-13+. The first-order valence-electron chi connectivity index (χ1n) is 10.6. The minimum absolute atomic E-state index is 0.0735. The Morgan fingerprint density at radius 3 is 2.33 bits per heavy atom. The van der Waals surface area contributed by atoms with E-state index in [9.17, 15) is 8.42 Å². The van der Waals surface area contributed by atoms with Crippen molar-refractivity contribution >= 4 is 15.7 Å². The summed E-state index contributed by atoms with van der Waals surface area (Å²) in [7, 11) is -2.11. The maximum atomic E-state index is 13.8. The SMILES string of the molecule is COC/C=C1\C(N2CCCCC2)c2cc(C)ccc2N1S(=O)(=O)c1ccc(C)cc1. The van der Waals surface area contributed by atoms with Crippen molar-refractivity contribution in [1.82, 2.24) is 4.90 Å². The van der Waals surface area contributed by atoms with Crippen molar-refractivity contribution in [2.75, 3.05) is 31.1 Å². The number of sulfonamides is 1. The summed E-state index contributed by atoms with van der Waals surface area (Å²) in [5, 5.41) is 0. The Labute approximate surface area is 180 Å². The van der Waals surface area contributed by atoms with Gasteiger partial charge in [-0.3, -0.25) is 4.90 Å². The topological polar surface area (TPSA) is 49.9 Å². The fourth-order valence-corrected chi connectivity index (χ4v) is 6.06. The van der Waals surface area contributed by atoms with Crippen molar-refractivity contribution in [2.45, 2.75) is 44.0 Å². The van der Waals surface area contributed by atoms with E-state index in [1.54, 1.807) is 23.5 Å². The molecule has 5 nitrogen and oxygen atoms in total. The van der Waals surface area contributed by atoms with Gasteiger partial charge < -0.3 is 4.74 Å². The van der Waals surface area contributed by atoms with Gasteiger partial charge in [-0.25, -0.2) is 12.7 Å². The molecule has 1 unspecified atom stereocenters. The zero-order valence-electron chi connectivity index (χ0n) is 18.0. The largest absolute Gasteiger partial charge is 0.381 e. The predicted molar refractivity (Wildman–Crippen MR) is 120 cm³/mol. The molecule has 0 radical (unpaired) electrons. The van der Waals surface area contributed by atoms with E-state index in [2.05, 4.69) is 17.9 Å². The number of hydrogen-bond donors (Lipinski definition) is 0. The van der Waals surface area contributed by atoms with Gasteiger partial charge in [0.25, 0.3) is 10.0 Å². The summed E-state index contributed by atoms with van der Waals surface area (Å²) in [6.07, 6.45) is 5.44. The molecule has 0 saturated carbocycles. The van der Waals surface area contributed by atoms with Gasteiger partial charge >= 0.3 is 0 Å². The average Bonchev–Trinajstić information content (AvgIpc) is 3.07. The van der Waals surface area contributed by atoms with Gasteiger partial charge in [-0.2, -0.15) is 0 Å². The molecule has 0 amide bonds. The van der Waals surface area contributed by atoms with Crippen LogP contribution in [0.5, 0.6) is 0 Å². The molecule has 0 N–H and O–H groups in total. The first-order valence-corrected chi connectivity index (χ1v) is 12.0. The second-order valence-corrected chi connectivity index (χ2v) is 10.0. The fraction of sp³-hybridized carbons (Fsp3) is 0.417. The molecule has 2 heterocycles. The third-order valence-electron chi connectivity index (χ3n) is 5.99. The number of fused-ring (bicyclic) bond motifs is 1. The van der Waals surface area contributed by atoms with Crippen molar-refractivity contribution in [3.05, 3.63) is 70.9 Å². The molecular formula is C24H30N2O3S. The van der Waals surface area contributed by atoms with Crippen LogP contribution in [0, 0.1) is 13.8 Å². The Bertz CT molecular complexity index is 1040. The van der Waals surface area contributed by atoms with Crippen LogP contribution in [0.25, 0.3) is 0 Å². The maximum absolute atomic E-state index is 13.8. The number of ether oxygens (including phenoxy) is 1. The molecule has 2 aliphatic heterocycles. The van der Waals surface area contributed by atoms with Crippen LogP contribution < -0.4 is 4.31 Å². The number of rotatable bonds is 5. The number of hydrogen-bond acceptors (Lipinski definition) is 4. The molecule has 0 aliphatic carbocycles. The van der Waals surface area contributed by atoms with Crippen LogP contribution in [-0.4, -0.2) is 40.1 Å². The van der Waals surface area contributed by atoms with E-state index in [0.29, 0.717) is 11.5 Å². The van der Waals surface area contributed by atoms with E-state index in [1.807, 2.05) is 37.3 Å². The summed E-state index contributed by atoms with van der Waals surface area (Å²) in [6, 6.07) is 13.1. The first-order chi connectivity index (χ1) is 14.4. The zero-order valence-corrected chi connectivity index (χ0v) is 18.8. The monoisotopic (exact) mass is 426 g/mol. The van der Waals surface area contributed by atoms with E-state index >= 15 is 0 Å². The van der Waals surface area contributed by atoms with Gasteiger partial charge in [0, 0.05) is 12.7 Å². The van der Waals surface area contributed by atoms with Gasteiger partial charge in [-0.15, -0.1) is 0 Å². The molecule has 0 spiro atoms. The van der Waals surface area contributed by atoms with E-state index in [4.69, 9.17) is 4.74 Å². The zero-order chi connectivity index (χ0) is 21.3. The molecule has 0 aromatic heterocycles. The van der Waals surface area contributed by atoms with Crippen molar-refractivity contribution in [3.8, 4) is 0 Å². The molecule has 1 atom stereocenters. The molecule has 0 bridgehead atoms. The summed E-state index contributed by atoms with van der Waals surface area (Å²) in [5.74, 6) is 0. The number of benzene rings is 2. The molecule has 30 heavy (non-hydrogen) atoms. The lowest BCUT2D eigenvalue weighted by Crippen LogP contribution is -2.37. The molecule has 1 fully saturated rings. The molecular weight excluding hydrogens is 396 g/mol. The number of likely N-dealkylation sites (tertiary alicyclic amines) is 1. The second kappa shape index (κ2) is 8.53. The van der Waals surface area contributed by atoms with Crippen LogP contribution in [0.1, 0.15) is 42.0 Å². The lowest BCUT2D eigenvalue weighted by molar-refractivity contribution is 0.185. The summed E-state index contributed by atoms with van der Waals surface area (Å²) in [4.78, 5) is 2.73. The van der Waals surface area contributed by atoms with Crippen LogP contribution in [0.2, 0.25) is 0 Å². The second-order valence-electron chi connectivity index (χ2n) is 8.23. The van der Waals surface area contributed by atoms with Crippen LogP contribution >= 0.6 is 0 Å². The first kappa shape index (κ1) is 21.1. The Kier molecular flexibility index (Phi) is 6.00. The molecule has 4 rings (SSSR count). The number of aryl methyl sites for hydroxylation is 2. The quantitative estimate of drug-likeness (QED) is 0.703. The van der Waals surface area contributed by atoms with Crippen molar-refractivity contribution in [1.29, 1.82) is 0 Å². The highest BCUT2D eigenvalue weighted by Gasteiger charge is 2.43. The van der Waals surface area contributed by atoms with Gasteiger partial charge in [0.2, 0.25) is 0 Å². The third-order valence-corrected chi connectivity index (χ3v) is 7.74. The Morgan fingerprint density at radius 1 is 1.00 bits per heavy atom. The highest BCUT2D eigenvalue weighted by atomic mass is 32.2. The van der Waals surface area contributed by atoms with E-state index in [0.717, 1.165) is 54.0 Å². The Hall–Kier alpha value is -2.15. The van der Waals surface area contributed by atoms with Gasteiger partial charge in [0.15, 0.2) is 0 Å². The minimum atomic E-state index is -3.75. The van der Waals surface area contributed by atoms with Gasteiger partial charge in [0.1, 0.15) is 0 Å². The number of piperidine rings is 1. The highest BCUT2D eigenvalue weighted by Crippen LogP contribution is 2.49. The lowest BCUT2D eigenvalue weighted by Gasteiger charge is -2.34. The van der Waals surface area contributed by atoms with Crippen molar-refractivity contribution in [3.63, 3.8) is 0 Å². The van der Waals surface area contributed by atoms with Gasteiger partial charge in [0.05, 0.1) is 28.9 Å². The van der Waals surface area contributed by atoms with Gasteiger partial charge in [-0.05, 0) is 64.1 Å². The normalized spacial score (nSPS) is 21.2. The summed E-state index contributed by atoms with van der Waals surface area (Å²) >= 11 is 0. The van der Waals surface area contributed by atoms with Gasteiger partial charge in [-0.1, -0.05) is 41.8 Å². The Balaban J connectivity index is 1.89. The molecule has 2 aromatic rings. The van der Waals surface area contributed by atoms with Crippen molar-refractivity contribution in [2.24, 2.45) is 0 Å². The van der Waals surface area contributed by atoms with Crippen LogP contribution in [-0.2, 0) is 14.8 Å². The van der Waals surface area contributed by atoms with Crippen LogP contribution in [0.3, 0.4) is 0 Å². The van der Waals surface area contributed by atoms with E-state index in [1.165, 1.54) is 6.42 Å². The van der Waals surface area contributed by atoms with E-state index in [-0.39, 0.29) is 6.04 Å². The third kappa shape index (κ3) is 3.80. The molecule has 1 saturated heterocycles. The highest BCUT2D eigenvalue weighted by molar-refractivity contribution is 7.93. The summed E-state index contributed by atoms with van der Waals surface area (Å²) in [5.41, 5.74) is 4.76. The van der Waals surface area contributed by atoms with E-state index < -0.39 is 10.0 Å². The summed E-state index contributed by atoms with van der Waals surface area (Å²) < 4.78 is 34.5. The number of anilines is 1. The average molecular weight is 427 g/mol. The molecule has 160 valence electrons. The summed E-state index contributed by atoms with van der Waals surface area (Å²) in [6.45, 7) is 6.33. The van der Waals surface area contributed by atoms with Crippen LogP contribution in [0.4, 0.5) is 5.69 Å². The predicted octanol–water partition coefficient (Wildman–Crippen LogP) is 4.57. The lowest BCUT2D eigenvalue weighted by atomic mass is 9.99. The van der Waals surface area contributed by atoms with Crippen molar-refractivity contribution < 1.29 is 13.2 Å². The molecule has 6 heteroatoms. The molecule has 2 aromatic carbocycles. The minimum Gasteiger partial charge on any atom is -0.381 e. The Morgan fingerprint density at radius 2 is 1.67 bits per heavy atom. The fourth-order valence-electron chi connectivity index (χ4n) is 4.49. The number of methoxy groups -OCH3 is 1. The number of nitrogens with zero attached hydrogens (tertiary/aromatic N) is 2. The smallest absolute Gasteiger partial charge is 0.268 e.